The maximum atomic E-state index is 13.4. The van der Waals surface area contributed by atoms with Gasteiger partial charge in [0.15, 0.2) is 0 Å². The van der Waals surface area contributed by atoms with E-state index in [0.717, 1.165) is 6.92 Å². The van der Waals surface area contributed by atoms with Gasteiger partial charge >= 0.3 is 18.1 Å². The summed E-state index contributed by atoms with van der Waals surface area (Å²) < 4.78 is 90.9. The molecule has 1 fully saturated rings. The number of halogens is 7. The van der Waals surface area contributed by atoms with E-state index in [0.29, 0.717) is 4.68 Å². The van der Waals surface area contributed by atoms with Crippen LogP contribution in [0.5, 0.6) is 0 Å². The standard InChI is InChI=1S/C12H11F7N2O2/c1-5-7(9(22)23)21(4-6-2-3-10(6,13)14)20-8(5)11(15,16)12(17,18)19/h6H,2-4H2,1H3,(H,22,23). The SMILES string of the molecule is Cc1c(C(F)(F)C(F)(F)F)nn(CC2CCC2(F)F)c1C(=O)O. The van der Waals surface area contributed by atoms with Crippen LogP contribution in [0.4, 0.5) is 30.7 Å². The zero-order valence-corrected chi connectivity index (χ0v) is 11.6. The smallest absolute Gasteiger partial charge is 0.459 e. The van der Waals surface area contributed by atoms with Gasteiger partial charge in [-0.15, -0.1) is 0 Å². The van der Waals surface area contributed by atoms with Crippen molar-refractivity contribution in [3.8, 4) is 0 Å². The van der Waals surface area contributed by atoms with Crippen molar-refractivity contribution in [2.45, 2.75) is 44.3 Å². The number of hydrogen-bond acceptors (Lipinski definition) is 2. The summed E-state index contributed by atoms with van der Waals surface area (Å²) in [4.78, 5) is 11.1. The molecule has 11 heteroatoms. The van der Waals surface area contributed by atoms with E-state index in [1.165, 1.54) is 0 Å². The highest BCUT2D eigenvalue weighted by Crippen LogP contribution is 2.46. The summed E-state index contributed by atoms with van der Waals surface area (Å²) in [5.41, 5.74) is -3.64. The van der Waals surface area contributed by atoms with Crippen molar-refractivity contribution in [2.75, 3.05) is 0 Å². The van der Waals surface area contributed by atoms with E-state index in [1.807, 2.05) is 0 Å². The van der Waals surface area contributed by atoms with Crippen molar-refractivity contribution in [2.24, 2.45) is 5.92 Å². The van der Waals surface area contributed by atoms with Crippen LogP contribution in [0.25, 0.3) is 0 Å². The lowest BCUT2D eigenvalue weighted by atomic mass is 9.81. The van der Waals surface area contributed by atoms with E-state index in [4.69, 9.17) is 5.11 Å². The van der Waals surface area contributed by atoms with Crippen LogP contribution in [0, 0.1) is 12.8 Å². The molecule has 23 heavy (non-hydrogen) atoms. The van der Waals surface area contributed by atoms with Gasteiger partial charge in [0.1, 0.15) is 11.4 Å². The van der Waals surface area contributed by atoms with E-state index >= 15 is 0 Å². The summed E-state index contributed by atoms with van der Waals surface area (Å²) >= 11 is 0. The minimum absolute atomic E-state index is 0.00400. The first-order valence-corrected chi connectivity index (χ1v) is 6.42. The molecule has 0 aromatic carbocycles. The Kier molecular flexibility index (Phi) is 3.89. The second-order valence-corrected chi connectivity index (χ2v) is 5.38. The van der Waals surface area contributed by atoms with Crippen molar-refractivity contribution >= 4 is 5.97 Å². The van der Waals surface area contributed by atoms with Gasteiger partial charge in [-0.05, 0) is 13.3 Å². The van der Waals surface area contributed by atoms with E-state index < -0.39 is 59.8 Å². The predicted molar refractivity (Wildman–Crippen MR) is 61.5 cm³/mol. The molecule has 0 saturated heterocycles. The number of carboxylic acid groups (broad SMARTS) is 1. The number of alkyl halides is 7. The van der Waals surface area contributed by atoms with Gasteiger partial charge in [0.25, 0.3) is 5.92 Å². The van der Waals surface area contributed by atoms with Gasteiger partial charge in [-0.25, -0.2) is 13.6 Å². The molecule has 1 aliphatic carbocycles. The molecule has 1 aromatic rings. The lowest BCUT2D eigenvalue weighted by Gasteiger charge is -2.36. The number of carbonyl (C=O) groups is 1. The highest BCUT2D eigenvalue weighted by molar-refractivity contribution is 5.87. The molecule has 2 rings (SSSR count). The molecule has 1 heterocycles. The second-order valence-electron chi connectivity index (χ2n) is 5.38. The first kappa shape index (κ1) is 17.5. The summed E-state index contributed by atoms with van der Waals surface area (Å²) in [5, 5.41) is 12.0. The zero-order valence-electron chi connectivity index (χ0n) is 11.6. The largest absolute Gasteiger partial charge is 0.477 e. The van der Waals surface area contributed by atoms with E-state index in [-0.39, 0.29) is 6.42 Å². The molecule has 1 atom stereocenters. The third-order valence-corrected chi connectivity index (χ3v) is 3.86. The highest BCUT2D eigenvalue weighted by Gasteiger charge is 2.61. The van der Waals surface area contributed by atoms with Crippen molar-refractivity contribution in [1.29, 1.82) is 0 Å². The van der Waals surface area contributed by atoms with Gasteiger partial charge in [-0.2, -0.15) is 27.1 Å². The summed E-state index contributed by atoms with van der Waals surface area (Å²) in [6.07, 6.45) is -6.44. The van der Waals surface area contributed by atoms with E-state index in [9.17, 15) is 35.5 Å². The quantitative estimate of drug-likeness (QED) is 0.846. The number of nitrogens with zero attached hydrogens (tertiary/aromatic N) is 2. The van der Waals surface area contributed by atoms with Gasteiger partial charge in [0, 0.05) is 17.9 Å². The molecular formula is C12H11F7N2O2. The van der Waals surface area contributed by atoms with Crippen LogP contribution in [0.2, 0.25) is 0 Å². The van der Waals surface area contributed by atoms with Crippen molar-refractivity contribution in [1.82, 2.24) is 9.78 Å². The molecule has 1 unspecified atom stereocenters. The Bertz CT molecular complexity index is 636. The van der Waals surface area contributed by atoms with E-state index in [2.05, 4.69) is 5.10 Å². The molecule has 0 spiro atoms. The minimum atomic E-state index is -5.98. The fourth-order valence-corrected chi connectivity index (χ4v) is 2.39. The Morgan fingerprint density at radius 1 is 1.35 bits per heavy atom. The average molecular weight is 348 g/mol. The predicted octanol–water partition coefficient (Wildman–Crippen LogP) is 3.59. The van der Waals surface area contributed by atoms with Crippen LogP contribution in [0.15, 0.2) is 0 Å². The lowest BCUT2D eigenvalue weighted by molar-refractivity contribution is -0.291. The van der Waals surface area contributed by atoms with Crippen LogP contribution < -0.4 is 0 Å². The normalized spacial score (nSPS) is 21.1. The van der Waals surface area contributed by atoms with Gasteiger partial charge in [0.05, 0.1) is 6.54 Å². The zero-order chi connectivity index (χ0) is 17.8. The van der Waals surface area contributed by atoms with Crippen LogP contribution in [0.1, 0.15) is 34.6 Å². The molecule has 1 saturated carbocycles. The summed E-state index contributed by atoms with van der Waals surface area (Å²) in [5.74, 6) is -11.7. The lowest BCUT2D eigenvalue weighted by Crippen LogP contribution is -2.42. The topological polar surface area (TPSA) is 55.1 Å². The number of aromatic nitrogens is 2. The minimum Gasteiger partial charge on any atom is -0.477 e. The van der Waals surface area contributed by atoms with Gasteiger partial charge < -0.3 is 5.11 Å². The third-order valence-electron chi connectivity index (χ3n) is 3.86. The summed E-state index contributed by atoms with van der Waals surface area (Å²) in [6, 6.07) is 0. The molecule has 4 nitrogen and oxygen atoms in total. The van der Waals surface area contributed by atoms with Crippen molar-refractivity contribution in [3.63, 3.8) is 0 Å². The van der Waals surface area contributed by atoms with Gasteiger partial charge in [-0.1, -0.05) is 0 Å². The van der Waals surface area contributed by atoms with Crippen LogP contribution in [-0.4, -0.2) is 33.0 Å². The van der Waals surface area contributed by atoms with Gasteiger partial charge in [-0.3, -0.25) is 4.68 Å². The van der Waals surface area contributed by atoms with Gasteiger partial charge in [0.2, 0.25) is 0 Å². The van der Waals surface area contributed by atoms with Crippen LogP contribution >= 0.6 is 0 Å². The number of carboxylic acids is 1. The Hall–Kier alpha value is -1.81. The summed E-state index contributed by atoms with van der Waals surface area (Å²) in [6.45, 7) is -0.00966. The Labute approximate surface area is 124 Å². The molecule has 0 aliphatic heterocycles. The Morgan fingerprint density at radius 2 is 1.91 bits per heavy atom. The molecule has 0 bridgehead atoms. The molecular weight excluding hydrogens is 337 g/mol. The first-order chi connectivity index (χ1) is 10.3. The molecule has 0 radical (unpaired) electrons. The fraction of sp³-hybridized carbons (Fsp3) is 0.667. The first-order valence-electron chi connectivity index (χ1n) is 6.42. The number of aromatic carboxylic acids is 1. The molecule has 1 aliphatic rings. The highest BCUT2D eigenvalue weighted by atomic mass is 19.4. The molecule has 0 amide bonds. The molecule has 130 valence electrons. The van der Waals surface area contributed by atoms with E-state index in [1.54, 1.807) is 0 Å². The third kappa shape index (κ3) is 2.76. The summed E-state index contributed by atoms with van der Waals surface area (Å²) in [7, 11) is 0. The number of rotatable bonds is 4. The van der Waals surface area contributed by atoms with Crippen molar-refractivity contribution in [3.05, 3.63) is 17.0 Å². The average Bonchev–Trinajstić information content (AvgIpc) is 2.71. The molecule has 1 N–H and O–H groups in total. The second kappa shape index (κ2) is 5.10. The van der Waals surface area contributed by atoms with Crippen LogP contribution in [-0.2, 0) is 12.5 Å². The Morgan fingerprint density at radius 3 is 2.26 bits per heavy atom. The van der Waals surface area contributed by atoms with Crippen molar-refractivity contribution < 1.29 is 40.6 Å². The maximum absolute atomic E-state index is 13.4. The number of hydrogen-bond donors (Lipinski definition) is 1. The van der Waals surface area contributed by atoms with Crippen LogP contribution in [0.3, 0.4) is 0 Å². The monoisotopic (exact) mass is 348 g/mol. The Balaban J connectivity index is 2.48. The fourth-order valence-electron chi connectivity index (χ4n) is 2.39. The molecule has 1 aromatic heterocycles. The maximum Gasteiger partial charge on any atom is 0.459 e.